The van der Waals surface area contributed by atoms with Crippen LogP contribution in [0.3, 0.4) is 0 Å². The normalized spacial score (nSPS) is 14.7. The SMILES string of the molecule is Cc1c(Cl)ccc2sc(N3CCN(C(=O)c4ccc(OC(C)C)cc4)CC3)nc12. The third kappa shape index (κ3) is 4.19. The molecule has 29 heavy (non-hydrogen) atoms. The summed E-state index contributed by atoms with van der Waals surface area (Å²) >= 11 is 7.91. The number of halogens is 1. The van der Waals surface area contributed by atoms with Gasteiger partial charge in [0.15, 0.2) is 5.13 Å². The van der Waals surface area contributed by atoms with E-state index in [-0.39, 0.29) is 12.0 Å². The Morgan fingerprint density at radius 3 is 2.45 bits per heavy atom. The first kappa shape index (κ1) is 20.0. The number of benzene rings is 2. The topological polar surface area (TPSA) is 45.7 Å². The average Bonchev–Trinajstić information content (AvgIpc) is 3.16. The summed E-state index contributed by atoms with van der Waals surface area (Å²) in [7, 11) is 0. The quantitative estimate of drug-likeness (QED) is 0.585. The summed E-state index contributed by atoms with van der Waals surface area (Å²) in [4.78, 5) is 21.8. The first-order valence-electron chi connectivity index (χ1n) is 9.79. The fourth-order valence-corrected chi connectivity index (χ4v) is 4.69. The van der Waals surface area contributed by atoms with Crippen LogP contribution in [0.2, 0.25) is 5.02 Å². The van der Waals surface area contributed by atoms with E-state index in [4.69, 9.17) is 21.3 Å². The van der Waals surface area contributed by atoms with Crippen LogP contribution in [0.5, 0.6) is 5.75 Å². The Hall–Kier alpha value is -2.31. The van der Waals surface area contributed by atoms with Crippen molar-refractivity contribution in [1.29, 1.82) is 0 Å². The summed E-state index contributed by atoms with van der Waals surface area (Å²) in [5, 5.41) is 1.74. The summed E-state index contributed by atoms with van der Waals surface area (Å²) in [5.41, 5.74) is 2.69. The van der Waals surface area contributed by atoms with Gasteiger partial charge in [0.05, 0.1) is 16.3 Å². The van der Waals surface area contributed by atoms with E-state index in [1.165, 1.54) is 0 Å². The molecule has 1 amide bonds. The third-order valence-corrected chi connectivity index (χ3v) is 6.54. The molecular formula is C22H24ClN3O2S. The maximum atomic E-state index is 12.8. The van der Waals surface area contributed by atoms with Gasteiger partial charge in [-0.1, -0.05) is 22.9 Å². The highest BCUT2D eigenvalue weighted by molar-refractivity contribution is 7.22. The van der Waals surface area contributed by atoms with Crippen molar-refractivity contribution in [2.75, 3.05) is 31.1 Å². The van der Waals surface area contributed by atoms with Gasteiger partial charge in [-0.2, -0.15) is 0 Å². The second-order valence-corrected chi connectivity index (χ2v) is 8.90. The van der Waals surface area contributed by atoms with Crippen LogP contribution in [-0.4, -0.2) is 48.1 Å². The maximum Gasteiger partial charge on any atom is 0.253 e. The molecule has 1 aromatic heterocycles. The van der Waals surface area contributed by atoms with Crippen molar-refractivity contribution in [3.8, 4) is 5.75 Å². The monoisotopic (exact) mass is 429 g/mol. The van der Waals surface area contributed by atoms with Gasteiger partial charge in [-0.15, -0.1) is 0 Å². The molecule has 2 aromatic carbocycles. The molecule has 0 N–H and O–H groups in total. The summed E-state index contributed by atoms with van der Waals surface area (Å²) in [6.07, 6.45) is 0.118. The van der Waals surface area contributed by atoms with E-state index in [0.29, 0.717) is 18.7 Å². The molecule has 0 saturated carbocycles. The molecule has 2 heterocycles. The van der Waals surface area contributed by atoms with Crippen LogP contribution in [0.1, 0.15) is 29.8 Å². The molecule has 5 nitrogen and oxygen atoms in total. The second-order valence-electron chi connectivity index (χ2n) is 7.49. The lowest BCUT2D eigenvalue weighted by atomic mass is 10.1. The molecule has 1 saturated heterocycles. The number of anilines is 1. The van der Waals surface area contributed by atoms with E-state index in [0.717, 1.165) is 44.8 Å². The number of aryl methyl sites for hydroxylation is 1. The van der Waals surface area contributed by atoms with Gasteiger partial charge in [-0.25, -0.2) is 4.98 Å². The summed E-state index contributed by atoms with van der Waals surface area (Å²) in [6, 6.07) is 11.3. The lowest BCUT2D eigenvalue weighted by molar-refractivity contribution is 0.0746. The van der Waals surface area contributed by atoms with Crippen LogP contribution < -0.4 is 9.64 Å². The van der Waals surface area contributed by atoms with Gasteiger partial charge in [0, 0.05) is 36.8 Å². The van der Waals surface area contributed by atoms with Crippen molar-refractivity contribution in [2.45, 2.75) is 26.9 Å². The number of thiazole rings is 1. The molecule has 0 bridgehead atoms. The lowest BCUT2D eigenvalue weighted by Gasteiger charge is -2.34. The van der Waals surface area contributed by atoms with Crippen molar-refractivity contribution in [3.05, 3.63) is 52.5 Å². The zero-order valence-corrected chi connectivity index (χ0v) is 18.4. The predicted octanol–water partition coefficient (Wildman–Crippen LogP) is 5.01. The van der Waals surface area contributed by atoms with Gasteiger partial charge in [0.2, 0.25) is 0 Å². The van der Waals surface area contributed by atoms with Crippen molar-refractivity contribution >= 4 is 44.2 Å². The highest BCUT2D eigenvalue weighted by Crippen LogP contribution is 2.33. The Labute approximate surface area is 179 Å². The zero-order valence-electron chi connectivity index (χ0n) is 16.8. The van der Waals surface area contributed by atoms with Crippen molar-refractivity contribution in [1.82, 2.24) is 9.88 Å². The zero-order chi connectivity index (χ0) is 20.5. The number of carbonyl (C=O) groups excluding carboxylic acids is 1. The van der Waals surface area contributed by atoms with E-state index >= 15 is 0 Å². The molecule has 152 valence electrons. The van der Waals surface area contributed by atoms with Crippen molar-refractivity contribution in [3.63, 3.8) is 0 Å². The number of piperazine rings is 1. The fraction of sp³-hybridized carbons (Fsp3) is 0.364. The third-order valence-electron chi connectivity index (χ3n) is 5.05. The molecule has 1 aliphatic rings. The van der Waals surface area contributed by atoms with Crippen LogP contribution >= 0.6 is 22.9 Å². The Bertz CT molecular complexity index is 1020. The molecule has 3 aromatic rings. The van der Waals surface area contributed by atoms with Gasteiger partial charge in [-0.05, 0) is 62.7 Å². The van der Waals surface area contributed by atoms with Gasteiger partial charge in [-0.3, -0.25) is 4.79 Å². The van der Waals surface area contributed by atoms with Gasteiger partial charge in [0.25, 0.3) is 5.91 Å². The van der Waals surface area contributed by atoms with Crippen LogP contribution in [-0.2, 0) is 0 Å². The molecule has 7 heteroatoms. The molecule has 4 rings (SSSR count). The van der Waals surface area contributed by atoms with Crippen LogP contribution in [0, 0.1) is 6.92 Å². The minimum atomic E-state index is 0.0627. The van der Waals surface area contributed by atoms with E-state index in [9.17, 15) is 4.79 Å². The van der Waals surface area contributed by atoms with Crippen LogP contribution in [0.25, 0.3) is 10.2 Å². The van der Waals surface area contributed by atoms with Crippen LogP contribution in [0.15, 0.2) is 36.4 Å². The number of hydrogen-bond acceptors (Lipinski definition) is 5. The highest BCUT2D eigenvalue weighted by Gasteiger charge is 2.24. The first-order chi connectivity index (χ1) is 13.9. The molecule has 0 radical (unpaired) electrons. The summed E-state index contributed by atoms with van der Waals surface area (Å²) in [6.45, 7) is 8.87. The number of ether oxygens (including phenoxy) is 1. The van der Waals surface area contributed by atoms with Crippen molar-refractivity contribution < 1.29 is 9.53 Å². The highest BCUT2D eigenvalue weighted by atomic mass is 35.5. The Balaban J connectivity index is 1.41. The Kier molecular flexibility index (Phi) is 5.65. The fourth-order valence-electron chi connectivity index (χ4n) is 3.46. The minimum Gasteiger partial charge on any atom is -0.491 e. The molecule has 0 atom stereocenters. The number of fused-ring (bicyclic) bond motifs is 1. The molecular weight excluding hydrogens is 406 g/mol. The van der Waals surface area contributed by atoms with Gasteiger partial charge < -0.3 is 14.5 Å². The number of rotatable bonds is 4. The van der Waals surface area contributed by atoms with Crippen molar-refractivity contribution in [2.24, 2.45) is 0 Å². The van der Waals surface area contributed by atoms with Gasteiger partial charge >= 0.3 is 0 Å². The average molecular weight is 430 g/mol. The maximum absolute atomic E-state index is 12.8. The smallest absolute Gasteiger partial charge is 0.253 e. The Morgan fingerprint density at radius 1 is 1.10 bits per heavy atom. The number of amides is 1. The standard InChI is InChI=1S/C22H24ClN3O2S/c1-14(2)28-17-6-4-16(5-7-17)21(27)25-10-12-26(13-11-25)22-24-20-15(3)18(23)8-9-19(20)29-22/h4-9,14H,10-13H2,1-3H3. The molecule has 1 fully saturated rings. The number of nitrogens with zero attached hydrogens (tertiary/aromatic N) is 3. The lowest BCUT2D eigenvalue weighted by Crippen LogP contribution is -2.48. The van der Waals surface area contributed by atoms with E-state index in [1.54, 1.807) is 11.3 Å². The largest absolute Gasteiger partial charge is 0.491 e. The second kappa shape index (κ2) is 8.20. The first-order valence-corrected chi connectivity index (χ1v) is 11.0. The minimum absolute atomic E-state index is 0.0627. The van der Waals surface area contributed by atoms with E-state index in [1.807, 2.05) is 62.1 Å². The summed E-state index contributed by atoms with van der Waals surface area (Å²) < 4.78 is 6.80. The van der Waals surface area contributed by atoms with Gasteiger partial charge in [0.1, 0.15) is 5.75 Å². The van der Waals surface area contributed by atoms with Crippen LogP contribution in [0.4, 0.5) is 5.13 Å². The van der Waals surface area contributed by atoms with E-state index < -0.39 is 0 Å². The van der Waals surface area contributed by atoms with E-state index in [2.05, 4.69) is 4.90 Å². The summed E-state index contributed by atoms with van der Waals surface area (Å²) in [5.74, 6) is 0.847. The number of aromatic nitrogens is 1. The Morgan fingerprint density at radius 2 is 1.79 bits per heavy atom. The molecule has 0 aliphatic carbocycles. The number of hydrogen-bond donors (Lipinski definition) is 0. The molecule has 1 aliphatic heterocycles. The molecule has 0 spiro atoms. The number of carbonyl (C=O) groups is 1. The molecule has 0 unspecified atom stereocenters. The predicted molar refractivity (Wildman–Crippen MR) is 120 cm³/mol.